The van der Waals surface area contributed by atoms with Gasteiger partial charge in [-0.2, -0.15) is 13.2 Å². The first-order chi connectivity index (χ1) is 9.27. The molecule has 2 aliphatic rings. The van der Waals surface area contributed by atoms with E-state index in [2.05, 4.69) is 10.5 Å². The highest BCUT2D eigenvalue weighted by atomic mass is 19.4. The minimum Gasteiger partial charge on any atom is -0.475 e. The van der Waals surface area contributed by atoms with Gasteiger partial charge in [0.25, 0.3) is 0 Å². The third-order valence-corrected chi connectivity index (χ3v) is 2.52. The fraction of sp³-hybridized carbons (Fsp3) is 0.700. The van der Waals surface area contributed by atoms with Crippen LogP contribution in [0.3, 0.4) is 0 Å². The zero-order chi connectivity index (χ0) is 15.3. The second kappa shape index (κ2) is 6.55. The lowest BCUT2D eigenvalue weighted by atomic mass is 10.0. The molecule has 2 aliphatic heterocycles. The Labute approximate surface area is 111 Å². The number of hydrogen-bond donors (Lipinski definition) is 2. The molecule has 2 rings (SSSR count). The average molecular weight is 298 g/mol. The molecule has 2 N–H and O–H groups in total. The summed E-state index contributed by atoms with van der Waals surface area (Å²) in [4.78, 5) is 25.3. The number of hydrogen-bond acceptors (Lipinski definition) is 6. The minimum absolute atomic E-state index is 0.0272. The molecule has 2 atom stereocenters. The maximum Gasteiger partial charge on any atom is 0.490 e. The van der Waals surface area contributed by atoms with Gasteiger partial charge in [0.05, 0.1) is 12.5 Å². The SMILES string of the molecule is CCOC(=O)C1=NO[C@H]2CNC[C@@H]12.O=C(O)C(F)(F)F. The van der Waals surface area contributed by atoms with Crippen molar-refractivity contribution in [2.24, 2.45) is 11.1 Å². The number of alkyl halides is 3. The number of fused-ring (bicyclic) bond motifs is 1. The molecule has 20 heavy (non-hydrogen) atoms. The molecule has 0 unspecified atom stereocenters. The highest BCUT2D eigenvalue weighted by molar-refractivity contribution is 6.37. The monoisotopic (exact) mass is 298 g/mol. The van der Waals surface area contributed by atoms with E-state index >= 15 is 0 Å². The molecule has 1 saturated heterocycles. The maximum atomic E-state index is 11.3. The number of nitrogens with one attached hydrogen (secondary N) is 1. The number of halogens is 3. The maximum absolute atomic E-state index is 11.3. The molecule has 0 spiro atoms. The molecule has 7 nitrogen and oxygen atoms in total. The molecule has 0 aromatic carbocycles. The van der Waals surface area contributed by atoms with Crippen LogP contribution in [0.2, 0.25) is 0 Å². The Morgan fingerprint density at radius 3 is 2.60 bits per heavy atom. The van der Waals surface area contributed by atoms with Crippen LogP contribution in [0.25, 0.3) is 0 Å². The van der Waals surface area contributed by atoms with Crippen LogP contribution in [0.5, 0.6) is 0 Å². The summed E-state index contributed by atoms with van der Waals surface area (Å²) in [6.07, 6.45) is -5.06. The Morgan fingerprint density at radius 2 is 2.10 bits per heavy atom. The Bertz CT molecular complexity index is 410. The van der Waals surface area contributed by atoms with E-state index in [-0.39, 0.29) is 18.0 Å². The summed E-state index contributed by atoms with van der Waals surface area (Å²) in [5, 5.41) is 14.0. The number of carbonyl (C=O) groups is 2. The normalized spacial score (nSPS) is 23.9. The number of carboxylic acids is 1. The minimum atomic E-state index is -5.08. The first-order valence-corrected chi connectivity index (χ1v) is 5.69. The van der Waals surface area contributed by atoms with Crippen LogP contribution in [-0.2, 0) is 19.2 Å². The van der Waals surface area contributed by atoms with Crippen LogP contribution in [0.15, 0.2) is 5.16 Å². The third kappa shape index (κ3) is 4.08. The molecule has 2 heterocycles. The lowest BCUT2D eigenvalue weighted by Crippen LogP contribution is -2.28. The van der Waals surface area contributed by atoms with Crippen molar-refractivity contribution < 1.29 is 37.4 Å². The first-order valence-electron chi connectivity index (χ1n) is 5.69. The lowest BCUT2D eigenvalue weighted by molar-refractivity contribution is -0.192. The van der Waals surface area contributed by atoms with E-state index < -0.39 is 12.1 Å². The Hall–Kier alpha value is -1.84. The quantitative estimate of drug-likeness (QED) is 0.705. The highest BCUT2D eigenvalue weighted by Crippen LogP contribution is 2.22. The molecule has 0 bridgehead atoms. The van der Waals surface area contributed by atoms with Gasteiger partial charge in [-0.25, -0.2) is 9.59 Å². The van der Waals surface area contributed by atoms with Gasteiger partial charge in [-0.05, 0) is 6.92 Å². The largest absolute Gasteiger partial charge is 0.490 e. The molecule has 0 aliphatic carbocycles. The van der Waals surface area contributed by atoms with E-state index in [4.69, 9.17) is 19.5 Å². The van der Waals surface area contributed by atoms with Crippen molar-refractivity contribution in [3.63, 3.8) is 0 Å². The number of ether oxygens (including phenoxy) is 1. The van der Waals surface area contributed by atoms with Gasteiger partial charge in [0.2, 0.25) is 0 Å². The van der Waals surface area contributed by atoms with Gasteiger partial charge in [-0.1, -0.05) is 5.16 Å². The molecule has 114 valence electrons. The van der Waals surface area contributed by atoms with Gasteiger partial charge in [0.1, 0.15) is 6.10 Å². The van der Waals surface area contributed by atoms with E-state index in [9.17, 15) is 18.0 Å². The zero-order valence-corrected chi connectivity index (χ0v) is 10.4. The van der Waals surface area contributed by atoms with Crippen molar-refractivity contribution in [3.05, 3.63) is 0 Å². The molecule has 1 fully saturated rings. The van der Waals surface area contributed by atoms with Gasteiger partial charge in [0.15, 0.2) is 5.71 Å². The zero-order valence-electron chi connectivity index (χ0n) is 10.4. The highest BCUT2D eigenvalue weighted by Gasteiger charge is 2.42. The second-order valence-electron chi connectivity index (χ2n) is 3.91. The van der Waals surface area contributed by atoms with E-state index in [0.29, 0.717) is 12.3 Å². The summed E-state index contributed by atoms with van der Waals surface area (Å²) in [7, 11) is 0. The van der Waals surface area contributed by atoms with E-state index in [1.54, 1.807) is 6.92 Å². The first kappa shape index (κ1) is 16.2. The summed E-state index contributed by atoms with van der Waals surface area (Å²) in [5.74, 6) is -3.02. The Morgan fingerprint density at radius 1 is 1.50 bits per heavy atom. The van der Waals surface area contributed by atoms with Gasteiger partial charge >= 0.3 is 18.1 Å². The van der Waals surface area contributed by atoms with Gasteiger partial charge < -0.3 is 20.0 Å². The van der Waals surface area contributed by atoms with Crippen molar-refractivity contribution in [2.75, 3.05) is 19.7 Å². The van der Waals surface area contributed by atoms with Crippen molar-refractivity contribution in [2.45, 2.75) is 19.2 Å². The van der Waals surface area contributed by atoms with E-state index in [1.165, 1.54) is 0 Å². The van der Waals surface area contributed by atoms with Crippen LogP contribution >= 0.6 is 0 Å². The predicted octanol–water partition coefficient (Wildman–Crippen LogP) is 0.157. The molecular formula is C10H13F3N2O5. The summed E-state index contributed by atoms with van der Waals surface area (Å²) in [6, 6.07) is 0. The van der Waals surface area contributed by atoms with Crippen LogP contribution in [-0.4, -0.2) is 54.7 Å². The molecule has 0 aromatic heterocycles. The number of aliphatic carboxylic acids is 1. The summed E-state index contributed by atoms with van der Waals surface area (Å²) in [6.45, 7) is 3.67. The summed E-state index contributed by atoms with van der Waals surface area (Å²) in [5.41, 5.74) is 0.428. The van der Waals surface area contributed by atoms with Crippen molar-refractivity contribution in [1.82, 2.24) is 5.32 Å². The topological polar surface area (TPSA) is 97.2 Å². The predicted molar refractivity (Wildman–Crippen MR) is 59.0 cm³/mol. The average Bonchev–Trinajstić information content (AvgIpc) is 2.89. The lowest BCUT2D eigenvalue weighted by Gasteiger charge is -2.06. The number of nitrogens with zero attached hydrogens (tertiary/aromatic N) is 1. The third-order valence-electron chi connectivity index (χ3n) is 2.52. The molecule has 10 heteroatoms. The number of carbonyl (C=O) groups excluding carboxylic acids is 1. The summed E-state index contributed by atoms with van der Waals surface area (Å²) < 4.78 is 36.6. The van der Waals surface area contributed by atoms with Crippen LogP contribution in [0.1, 0.15) is 6.92 Å². The second-order valence-corrected chi connectivity index (χ2v) is 3.91. The van der Waals surface area contributed by atoms with Crippen molar-refractivity contribution >= 4 is 17.7 Å². The summed E-state index contributed by atoms with van der Waals surface area (Å²) >= 11 is 0. The van der Waals surface area contributed by atoms with E-state index in [1.807, 2.05) is 0 Å². The number of rotatable bonds is 2. The Balaban J connectivity index is 0.000000246. The molecule has 0 amide bonds. The van der Waals surface area contributed by atoms with Crippen molar-refractivity contribution in [3.8, 4) is 0 Å². The number of carboxylic acid groups (broad SMARTS) is 1. The Kier molecular flexibility index (Phi) is 5.31. The number of esters is 1. The molecule has 0 aromatic rings. The van der Waals surface area contributed by atoms with Gasteiger partial charge in [-0.15, -0.1) is 0 Å². The molecular weight excluding hydrogens is 285 g/mol. The van der Waals surface area contributed by atoms with Gasteiger partial charge in [-0.3, -0.25) is 0 Å². The molecule has 0 saturated carbocycles. The fourth-order valence-electron chi connectivity index (χ4n) is 1.62. The van der Waals surface area contributed by atoms with Gasteiger partial charge in [0, 0.05) is 13.1 Å². The molecule has 0 radical (unpaired) electrons. The van der Waals surface area contributed by atoms with E-state index in [0.717, 1.165) is 13.1 Å². The smallest absolute Gasteiger partial charge is 0.475 e. The van der Waals surface area contributed by atoms with Crippen molar-refractivity contribution in [1.29, 1.82) is 0 Å². The standard InChI is InChI=1S/C8H12N2O3.C2HF3O2/c1-2-12-8(11)7-5-3-9-4-6(5)13-10-7;3-2(4,5)1(6)7/h5-6,9H,2-4H2,1H3;(H,6,7)/t5-,6+;/m1./s1. The van der Waals surface area contributed by atoms with Crippen LogP contribution in [0.4, 0.5) is 13.2 Å². The fourth-order valence-corrected chi connectivity index (χ4v) is 1.62. The van der Waals surface area contributed by atoms with Crippen LogP contribution in [0, 0.1) is 5.92 Å². The van der Waals surface area contributed by atoms with Crippen LogP contribution < -0.4 is 5.32 Å². The number of oxime groups is 1.